The van der Waals surface area contributed by atoms with Crippen LogP contribution in [0.1, 0.15) is 20.7 Å². The first kappa shape index (κ1) is 25.6. The fourth-order valence-electron chi connectivity index (χ4n) is 3.43. The van der Waals surface area contributed by atoms with Crippen LogP contribution in [0.25, 0.3) is 0 Å². The van der Waals surface area contributed by atoms with Crippen LogP contribution in [-0.2, 0) is 4.74 Å². The molecule has 0 bridgehead atoms. The number of benzene rings is 2. The van der Waals surface area contributed by atoms with Crippen molar-refractivity contribution in [3.05, 3.63) is 35.4 Å². The second-order valence-corrected chi connectivity index (χ2v) is 7.74. The molecule has 0 saturated carbocycles. The summed E-state index contributed by atoms with van der Waals surface area (Å²) in [6.45, 7) is -1.14. The first-order valence-corrected chi connectivity index (χ1v) is 9.90. The molecule has 1 unspecified atom stereocenters. The number of ether oxygens (including phenoxy) is 1. The predicted molar refractivity (Wildman–Crippen MR) is 112 cm³/mol. The van der Waals surface area contributed by atoms with E-state index in [4.69, 9.17) is 4.74 Å². The molecule has 1 aliphatic rings. The van der Waals surface area contributed by atoms with Crippen molar-refractivity contribution in [2.45, 2.75) is 24.0 Å². The molecule has 35 heavy (non-hydrogen) atoms. The van der Waals surface area contributed by atoms with E-state index in [0.717, 1.165) is 24.3 Å². The highest BCUT2D eigenvalue weighted by atomic mass is 16.6. The van der Waals surface area contributed by atoms with Gasteiger partial charge in [-0.3, -0.25) is 9.59 Å². The molecule has 4 atom stereocenters. The minimum absolute atomic E-state index is 0.245. The van der Waals surface area contributed by atoms with Gasteiger partial charge in [-0.25, -0.2) is 0 Å². The van der Waals surface area contributed by atoms with Crippen LogP contribution in [0.4, 0.5) is 0 Å². The standard InChI is InChI=1S/C20H23N3O12/c24-9-1-7(2-10(25)14(9)28)17(31)21-5-13-16(30)20(33,19(23-34)35-13)6-22-18(32)8-3-11(26)15(29)12(27)4-8/h1-4,13,16,19,23-30,33-34H,5-6H2,(H,21,31)(H,22,32)/t13-,16-,19?,20-/m1/s1. The fraction of sp³-hybridized carbons (Fsp3) is 0.300. The van der Waals surface area contributed by atoms with Gasteiger partial charge in [0.1, 0.15) is 12.2 Å². The molecule has 15 nitrogen and oxygen atoms in total. The molecule has 12 N–H and O–H groups in total. The average molecular weight is 497 g/mol. The zero-order valence-corrected chi connectivity index (χ0v) is 17.7. The van der Waals surface area contributed by atoms with Crippen LogP contribution < -0.4 is 16.1 Å². The number of hydroxylamine groups is 1. The molecule has 1 fully saturated rings. The SMILES string of the molecule is O=C(NC[C@H]1OC(NO)[C@@](O)(CNC(=O)c2cc(O)c(O)c(O)c2)[C@@H]1O)c1cc(O)c(O)c(O)c1. The number of hydrogen-bond donors (Lipinski definition) is 12. The van der Waals surface area contributed by atoms with Gasteiger partial charge in [0.2, 0.25) is 0 Å². The Labute approximate surface area is 196 Å². The molecule has 1 heterocycles. The van der Waals surface area contributed by atoms with Gasteiger partial charge in [0.05, 0.1) is 6.54 Å². The lowest BCUT2D eigenvalue weighted by atomic mass is 9.93. The predicted octanol–water partition coefficient (Wildman–Crippen LogP) is -2.12. The second kappa shape index (κ2) is 9.69. The number of carbonyl (C=O) groups is 2. The topological polar surface area (TPSA) is 262 Å². The maximum atomic E-state index is 12.3. The molecule has 2 aromatic rings. The van der Waals surface area contributed by atoms with E-state index in [1.54, 1.807) is 5.48 Å². The molecule has 2 aromatic carbocycles. The van der Waals surface area contributed by atoms with E-state index in [1.165, 1.54) is 0 Å². The number of nitrogens with one attached hydrogen (secondary N) is 3. The second-order valence-electron chi connectivity index (χ2n) is 7.74. The van der Waals surface area contributed by atoms with Crippen molar-refractivity contribution in [2.24, 2.45) is 0 Å². The van der Waals surface area contributed by atoms with Gasteiger partial charge in [0, 0.05) is 17.7 Å². The molecule has 0 radical (unpaired) electrons. The van der Waals surface area contributed by atoms with E-state index in [9.17, 15) is 55.6 Å². The molecular weight excluding hydrogens is 474 g/mol. The molecule has 3 rings (SSSR count). The van der Waals surface area contributed by atoms with Crippen LogP contribution in [0.5, 0.6) is 34.5 Å². The largest absolute Gasteiger partial charge is 0.504 e. The van der Waals surface area contributed by atoms with Gasteiger partial charge in [0.25, 0.3) is 11.8 Å². The summed E-state index contributed by atoms with van der Waals surface area (Å²) in [7, 11) is 0. The lowest BCUT2D eigenvalue weighted by molar-refractivity contribution is -0.127. The van der Waals surface area contributed by atoms with Crippen LogP contribution in [0.2, 0.25) is 0 Å². The number of aromatic hydroxyl groups is 6. The van der Waals surface area contributed by atoms with Gasteiger partial charge in [0.15, 0.2) is 46.3 Å². The number of hydrogen-bond acceptors (Lipinski definition) is 13. The van der Waals surface area contributed by atoms with Crippen LogP contribution in [0, 0.1) is 0 Å². The highest BCUT2D eigenvalue weighted by molar-refractivity contribution is 5.96. The van der Waals surface area contributed by atoms with E-state index >= 15 is 0 Å². The summed E-state index contributed by atoms with van der Waals surface area (Å²) in [5.41, 5.74) is -1.23. The highest BCUT2D eigenvalue weighted by Crippen LogP contribution is 2.36. The normalized spacial score (nSPS) is 23.7. The Morgan fingerprint density at radius 1 is 0.829 bits per heavy atom. The highest BCUT2D eigenvalue weighted by Gasteiger charge is 2.55. The zero-order valence-electron chi connectivity index (χ0n) is 17.7. The number of carbonyl (C=O) groups excluding carboxylic acids is 2. The number of phenolic OH excluding ortho intramolecular Hbond substituents is 6. The van der Waals surface area contributed by atoms with Crippen LogP contribution in [-0.4, -0.2) is 95.0 Å². The lowest BCUT2D eigenvalue weighted by Crippen LogP contribution is -2.59. The van der Waals surface area contributed by atoms with Crippen LogP contribution in [0.15, 0.2) is 24.3 Å². The van der Waals surface area contributed by atoms with Crippen molar-refractivity contribution in [3.8, 4) is 34.5 Å². The molecule has 190 valence electrons. The van der Waals surface area contributed by atoms with Gasteiger partial charge in [-0.15, -0.1) is 0 Å². The van der Waals surface area contributed by atoms with E-state index < -0.39 is 83.4 Å². The van der Waals surface area contributed by atoms with E-state index in [0.29, 0.717) is 0 Å². The number of amides is 2. The molecule has 1 saturated heterocycles. The fourth-order valence-corrected chi connectivity index (χ4v) is 3.43. The molecule has 1 aliphatic heterocycles. The number of phenols is 6. The van der Waals surface area contributed by atoms with Crippen molar-refractivity contribution in [1.82, 2.24) is 16.1 Å². The van der Waals surface area contributed by atoms with Crippen LogP contribution in [0.3, 0.4) is 0 Å². The summed E-state index contributed by atoms with van der Waals surface area (Å²) < 4.78 is 5.30. The summed E-state index contributed by atoms with van der Waals surface area (Å²) in [4.78, 5) is 24.6. The van der Waals surface area contributed by atoms with Crippen molar-refractivity contribution in [3.63, 3.8) is 0 Å². The summed E-state index contributed by atoms with van der Waals surface area (Å²) in [5, 5.41) is 92.2. The maximum absolute atomic E-state index is 12.3. The first-order chi connectivity index (χ1) is 16.4. The monoisotopic (exact) mass is 497 g/mol. The zero-order chi connectivity index (χ0) is 26.1. The Balaban J connectivity index is 1.66. The Bertz CT molecular complexity index is 1100. The number of aliphatic hydroxyl groups is 2. The van der Waals surface area contributed by atoms with Gasteiger partial charge >= 0.3 is 0 Å². The van der Waals surface area contributed by atoms with E-state index in [-0.39, 0.29) is 11.1 Å². The third-order valence-corrected chi connectivity index (χ3v) is 5.41. The van der Waals surface area contributed by atoms with Crippen molar-refractivity contribution in [2.75, 3.05) is 13.1 Å². The Kier molecular flexibility index (Phi) is 7.09. The van der Waals surface area contributed by atoms with Crippen LogP contribution >= 0.6 is 0 Å². The minimum atomic E-state index is -2.32. The molecule has 0 aromatic heterocycles. The molecule has 15 heteroatoms. The third kappa shape index (κ3) is 4.93. The van der Waals surface area contributed by atoms with Gasteiger partial charge in [-0.2, -0.15) is 5.48 Å². The summed E-state index contributed by atoms with van der Waals surface area (Å²) in [5.74, 6) is -6.51. The van der Waals surface area contributed by atoms with E-state index in [1.807, 2.05) is 0 Å². The number of rotatable bonds is 7. The van der Waals surface area contributed by atoms with Gasteiger partial charge < -0.3 is 61.4 Å². The minimum Gasteiger partial charge on any atom is -0.504 e. The lowest BCUT2D eigenvalue weighted by Gasteiger charge is -2.30. The van der Waals surface area contributed by atoms with Gasteiger partial charge in [-0.1, -0.05) is 0 Å². The quantitative estimate of drug-likeness (QED) is 0.144. The maximum Gasteiger partial charge on any atom is 0.251 e. The summed E-state index contributed by atoms with van der Waals surface area (Å²) in [6.07, 6.45) is -4.73. The van der Waals surface area contributed by atoms with Gasteiger partial charge in [-0.05, 0) is 24.3 Å². The van der Waals surface area contributed by atoms with Crippen molar-refractivity contribution in [1.29, 1.82) is 0 Å². The average Bonchev–Trinajstić information content (AvgIpc) is 3.06. The third-order valence-electron chi connectivity index (χ3n) is 5.41. The van der Waals surface area contributed by atoms with Crippen molar-refractivity contribution < 1.29 is 60.4 Å². The van der Waals surface area contributed by atoms with E-state index in [2.05, 4.69) is 10.6 Å². The molecule has 0 spiro atoms. The molecular formula is C20H23N3O12. The Hall–Kier alpha value is -4.02. The van der Waals surface area contributed by atoms with Crippen molar-refractivity contribution >= 4 is 11.8 Å². The first-order valence-electron chi connectivity index (χ1n) is 9.90. The number of aliphatic hydroxyl groups excluding tert-OH is 1. The smallest absolute Gasteiger partial charge is 0.251 e. The molecule has 2 amide bonds. The summed E-state index contributed by atoms with van der Waals surface area (Å²) in [6, 6.07) is 3.43. The molecule has 0 aliphatic carbocycles. The Morgan fingerprint density at radius 2 is 1.26 bits per heavy atom. The summed E-state index contributed by atoms with van der Waals surface area (Å²) >= 11 is 0. The Morgan fingerprint density at radius 3 is 1.69 bits per heavy atom.